The van der Waals surface area contributed by atoms with Crippen LogP contribution in [-0.2, 0) is 0 Å². The summed E-state index contributed by atoms with van der Waals surface area (Å²) in [5.74, 6) is 0.447. The molecule has 2 heteroatoms. The van der Waals surface area contributed by atoms with Crippen molar-refractivity contribution in [3.05, 3.63) is 24.5 Å². The van der Waals surface area contributed by atoms with Crippen molar-refractivity contribution < 1.29 is 4.42 Å². The lowest BCUT2D eigenvalue weighted by Crippen LogP contribution is -1.79. The fourth-order valence-electron chi connectivity index (χ4n) is 0.353. The third-order valence-corrected chi connectivity index (χ3v) is 0.654. The first-order valence-corrected chi connectivity index (χ1v) is 2.02. The molecule has 0 spiro atoms. The molecule has 0 radical (unpaired) electrons. The molecule has 0 unspecified atom stereocenters. The lowest BCUT2D eigenvalue weighted by molar-refractivity contribution is 0.571. The zero-order valence-electron chi connectivity index (χ0n) is 3.79. The maximum Gasteiger partial charge on any atom is 0.423 e. The van der Waals surface area contributed by atoms with Crippen LogP contribution < -0.4 is 5.73 Å². The summed E-state index contributed by atoms with van der Waals surface area (Å²) in [6, 6.07) is 5.29. The Hall–Kier alpha value is -1.05. The zero-order chi connectivity index (χ0) is 5.11. The second-order valence-electron chi connectivity index (χ2n) is 1.21. The van der Waals surface area contributed by atoms with E-state index in [0.29, 0.717) is 5.88 Å². The molecule has 0 atom stereocenters. The van der Waals surface area contributed by atoms with E-state index >= 15 is 0 Å². The maximum absolute atomic E-state index is 5.19. The first kappa shape index (κ1) is 4.12. The smallest absolute Gasteiger partial charge is 0.319 e. The highest BCUT2D eigenvalue weighted by atomic mass is 16.3. The van der Waals surface area contributed by atoms with Crippen molar-refractivity contribution in [1.82, 2.24) is 0 Å². The van der Waals surface area contributed by atoms with E-state index in [4.69, 9.17) is 10.2 Å². The van der Waals surface area contributed by atoms with Gasteiger partial charge in [0.05, 0.1) is 6.07 Å². The molecule has 0 bridgehead atoms. The average molecular weight is 96.1 g/mol. The largest absolute Gasteiger partial charge is 0.423 e. The van der Waals surface area contributed by atoms with Gasteiger partial charge in [0.2, 0.25) is 0 Å². The summed E-state index contributed by atoms with van der Waals surface area (Å²) in [5, 5.41) is 0. The van der Waals surface area contributed by atoms with Crippen molar-refractivity contribution >= 4 is 5.88 Å². The van der Waals surface area contributed by atoms with E-state index in [2.05, 4.69) is 0 Å². The predicted octanol–water partition coefficient (Wildman–Crippen LogP) is 1.14. The minimum Gasteiger partial charge on any atom is -0.319 e. The van der Waals surface area contributed by atoms with Crippen LogP contribution in [0.2, 0.25) is 0 Å². The van der Waals surface area contributed by atoms with Crippen molar-refractivity contribution in [2.75, 3.05) is 5.73 Å². The first-order valence-electron chi connectivity index (χ1n) is 2.02. The van der Waals surface area contributed by atoms with Gasteiger partial charge in [-0.05, 0) is 6.07 Å². The van der Waals surface area contributed by atoms with Gasteiger partial charge in [0.25, 0.3) is 0 Å². The van der Waals surface area contributed by atoms with Gasteiger partial charge in [0.15, 0.2) is 0 Å². The van der Waals surface area contributed by atoms with Gasteiger partial charge in [-0.3, -0.25) is 0 Å². The Labute approximate surface area is 41.6 Å². The molecule has 0 aliphatic carbocycles. The van der Waals surface area contributed by atoms with Gasteiger partial charge in [-0.1, -0.05) is 0 Å². The molecule has 2 nitrogen and oxygen atoms in total. The Morgan fingerprint density at radius 2 is 2.29 bits per heavy atom. The van der Waals surface area contributed by atoms with E-state index in [-0.39, 0.29) is 0 Å². The van der Waals surface area contributed by atoms with Crippen LogP contribution in [0, 0.1) is 0 Å². The number of hydrogen-bond donors (Lipinski definition) is 1. The summed E-state index contributed by atoms with van der Waals surface area (Å²) in [6.45, 7) is 0. The molecule has 0 aliphatic heterocycles. The summed E-state index contributed by atoms with van der Waals surface area (Å²) in [6.07, 6.45) is 1.54. The van der Waals surface area contributed by atoms with Crippen LogP contribution in [0.4, 0.5) is 5.88 Å². The van der Waals surface area contributed by atoms with Gasteiger partial charge in [-0.15, -0.1) is 0 Å². The third kappa shape index (κ3) is 0.892. The number of anilines is 1. The second-order valence-corrected chi connectivity index (χ2v) is 1.21. The van der Waals surface area contributed by atoms with Gasteiger partial charge in [-0.25, -0.2) is 0 Å². The van der Waals surface area contributed by atoms with Gasteiger partial charge in [-0.2, -0.15) is 4.42 Å². The van der Waals surface area contributed by atoms with E-state index in [9.17, 15) is 0 Å². The van der Waals surface area contributed by atoms with Crippen LogP contribution in [0.3, 0.4) is 0 Å². The van der Waals surface area contributed by atoms with E-state index in [1.807, 2.05) is 6.07 Å². The quantitative estimate of drug-likeness (QED) is 0.492. The van der Waals surface area contributed by atoms with Gasteiger partial charge in [0, 0.05) is 6.07 Å². The lowest BCUT2D eigenvalue weighted by atomic mass is 10.5. The van der Waals surface area contributed by atoms with Crippen LogP contribution >= 0.6 is 0 Å². The molecule has 0 saturated heterocycles. The van der Waals surface area contributed by atoms with Crippen molar-refractivity contribution in [3.63, 3.8) is 0 Å². The molecule has 0 amide bonds. The number of rotatable bonds is 0. The number of nitrogens with two attached hydrogens (primary N) is 1. The van der Waals surface area contributed by atoms with E-state index in [0.717, 1.165) is 0 Å². The standard InChI is InChI=1S/C5H6NO/c6-5-3-1-2-4-7-5/h1-4H,6H2/q+1. The highest BCUT2D eigenvalue weighted by molar-refractivity contribution is 5.20. The molecule has 0 saturated carbocycles. The molecule has 1 rings (SSSR count). The first-order chi connectivity index (χ1) is 3.39. The summed E-state index contributed by atoms with van der Waals surface area (Å²) in [4.78, 5) is 0. The lowest BCUT2D eigenvalue weighted by Gasteiger charge is -1.68. The highest BCUT2D eigenvalue weighted by Gasteiger charge is 1.90. The van der Waals surface area contributed by atoms with Crippen molar-refractivity contribution in [2.24, 2.45) is 0 Å². The summed E-state index contributed by atoms with van der Waals surface area (Å²) >= 11 is 0. The number of nitrogen functional groups attached to an aromatic ring is 1. The van der Waals surface area contributed by atoms with Crippen LogP contribution in [0.25, 0.3) is 0 Å². The maximum atomic E-state index is 5.19. The molecule has 1 aromatic heterocycles. The van der Waals surface area contributed by atoms with Crippen LogP contribution in [0.15, 0.2) is 28.9 Å². The van der Waals surface area contributed by atoms with E-state index in [1.54, 1.807) is 12.1 Å². The zero-order valence-corrected chi connectivity index (χ0v) is 3.79. The molecule has 1 aromatic rings. The topological polar surface area (TPSA) is 37.3 Å². The Kier molecular flexibility index (Phi) is 0.941. The molecule has 2 N–H and O–H groups in total. The van der Waals surface area contributed by atoms with Gasteiger partial charge in [0.1, 0.15) is 0 Å². The van der Waals surface area contributed by atoms with Crippen LogP contribution in [0.1, 0.15) is 0 Å². The van der Waals surface area contributed by atoms with Gasteiger partial charge < -0.3 is 5.73 Å². The normalized spacial score (nSPS) is 8.57. The summed E-state index contributed by atoms with van der Waals surface area (Å²) in [7, 11) is 0. The highest BCUT2D eigenvalue weighted by Crippen LogP contribution is 1.95. The molecule has 7 heavy (non-hydrogen) atoms. The minimum atomic E-state index is 0.447. The fourth-order valence-corrected chi connectivity index (χ4v) is 0.353. The third-order valence-electron chi connectivity index (χ3n) is 0.654. The monoisotopic (exact) mass is 96.0 g/mol. The Balaban J connectivity index is 3.02. The predicted molar refractivity (Wildman–Crippen MR) is 27.5 cm³/mol. The Morgan fingerprint density at radius 1 is 1.43 bits per heavy atom. The molecule has 0 aromatic carbocycles. The van der Waals surface area contributed by atoms with Crippen LogP contribution in [-0.4, -0.2) is 0 Å². The van der Waals surface area contributed by atoms with Gasteiger partial charge >= 0.3 is 12.1 Å². The summed E-state index contributed by atoms with van der Waals surface area (Å²) < 4.78 is 4.70. The van der Waals surface area contributed by atoms with E-state index in [1.165, 1.54) is 6.26 Å². The molecular weight excluding hydrogens is 90.1 g/mol. The minimum absolute atomic E-state index is 0.447. The summed E-state index contributed by atoms with van der Waals surface area (Å²) in [5.41, 5.74) is 5.19. The SMILES string of the molecule is Nc1cccc[o+]1. The molecule has 0 aliphatic rings. The average Bonchev–Trinajstić information content (AvgIpc) is 1.69. The fraction of sp³-hybridized carbons (Fsp3) is 0. The van der Waals surface area contributed by atoms with Crippen molar-refractivity contribution in [3.8, 4) is 0 Å². The van der Waals surface area contributed by atoms with Crippen molar-refractivity contribution in [1.29, 1.82) is 0 Å². The van der Waals surface area contributed by atoms with E-state index < -0.39 is 0 Å². The molecule has 0 fully saturated rings. The van der Waals surface area contributed by atoms with Crippen LogP contribution in [0.5, 0.6) is 0 Å². The Bertz CT molecular complexity index is 138. The molecule has 36 valence electrons. The molecular formula is C5H6NO+. The Morgan fingerprint density at radius 3 is 2.57 bits per heavy atom. The number of hydrogen-bond acceptors (Lipinski definition) is 1. The van der Waals surface area contributed by atoms with Crippen molar-refractivity contribution in [2.45, 2.75) is 0 Å². The second kappa shape index (κ2) is 1.60. The molecule has 1 heterocycles.